The highest BCUT2D eigenvalue weighted by molar-refractivity contribution is 6.09. The second-order valence-corrected chi connectivity index (χ2v) is 7.94. The number of amides is 2. The Kier molecular flexibility index (Phi) is 6.61. The Hall–Kier alpha value is -2.82. The number of carbonyl (C=O) groups excluding carboxylic acids is 2. The molecule has 0 heterocycles. The van der Waals surface area contributed by atoms with Crippen LogP contribution in [0, 0.1) is 5.92 Å². The van der Waals surface area contributed by atoms with E-state index in [1.807, 2.05) is 26.8 Å². The van der Waals surface area contributed by atoms with Crippen LogP contribution in [0.25, 0.3) is 0 Å². The summed E-state index contributed by atoms with van der Waals surface area (Å²) >= 11 is 0. The number of hydrogen-bond donors (Lipinski definition) is 2. The van der Waals surface area contributed by atoms with E-state index in [-0.39, 0.29) is 17.4 Å². The number of rotatable bonds is 6. The van der Waals surface area contributed by atoms with Crippen LogP contribution in [0.1, 0.15) is 55.3 Å². The second kappa shape index (κ2) is 8.71. The largest absolute Gasteiger partial charge is 0.493 e. The molecule has 0 aromatic heterocycles. The van der Waals surface area contributed by atoms with E-state index in [9.17, 15) is 9.59 Å². The molecule has 2 N–H and O–H groups in total. The van der Waals surface area contributed by atoms with Crippen molar-refractivity contribution in [1.29, 1.82) is 0 Å². The van der Waals surface area contributed by atoms with E-state index in [1.165, 1.54) is 0 Å². The highest BCUT2D eigenvalue weighted by atomic mass is 16.5. The molecule has 0 aliphatic heterocycles. The van der Waals surface area contributed by atoms with Gasteiger partial charge in [0.2, 0.25) is 0 Å². The summed E-state index contributed by atoms with van der Waals surface area (Å²) in [5.74, 6) is 0.527. The fraction of sp³-hybridized carbons (Fsp3) is 0.364. The van der Waals surface area contributed by atoms with Gasteiger partial charge in [0.25, 0.3) is 11.8 Å². The number of hydrogen-bond acceptors (Lipinski definition) is 3. The van der Waals surface area contributed by atoms with Gasteiger partial charge in [-0.1, -0.05) is 32.0 Å². The Morgan fingerprint density at radius 2 is 1.70 bits per heavy atom. The molecule has 0 fully saturated rings. The lowest BCUT2D eigenvalue weighted by molar-refractivity contribution is 0.0920. The predicted octanol–water partition coefficient (Wildman–Crippen LogP) is 4.50. The first-order valence-electron chi connectivity index (χ1n) is 9.11. The zero-order chi connectivity index (χ0) is 20.0. The summed E-state index contributed by atoms with van der Waals surface area (Å²) in [6.45, 7) is 10.4. The molecular formula is C22H28N2O3. The quantitative estimate of drug-likeness (QED) is 0.789. The maximum atomic E-state index is 12.7. The lowest BCUT2D eigenvalue weighted by Gasteiger charge is -2.21. The van der Waals surface area contributed by atoms with E-state index < -0.39 is 0 Å². The molecule has 2 rings (SSSR count). The van der Waals surface area contributed by atoms with E-state index in [1.54, 1.807) is 42.5 Å². The van der Waals surface area contributed by atoms with Gasteiger partial charge in [0.1, 0.15) is 5.75 Å². The van der Waals surface area contributed by atoms with Gasteiger partial charge in [-0.15, -0.1) is 0 Å². The molecule has 5 heteroatoms. The van der Waals surface area contributed by atoms with Gasteiger partial charge in [-0.05, 0) is 57.0 Å². The van der Waals surface area contributed by atoms with Gasteiger partial charge in [0, 0.05) is 11.1 Å². The van der Waals surface area contributed by atoms with Crippen LogP contribution in [-0.4, -0.2) is 24.0 Å². The highest BCUT2D eigenvalue weighted by Crippen LogP contribution is 2.19. The summed E-state index contributed by atoms with van der Waals surface area (Å²) in [5, 5.41) is 5.75. The molecule has 0 bridgehead atoms. The summed E-state index contributed by atoms with van der Waals surface area (Å²) < 4.78 is 5.68. The lowest BCUT2D eigenvalue weighted by Crippen LogP contribution is -2.40. The van der Waals surface area contributed by atoms with Gasteiger partial charge >= 0.3 is 0 Å². The van der Waals surface area contributed by atoms with Crippen LogP contribution in [-0.2, 0) is 0 Å². The van der Waals surface area contributed by atoms with Gasteiger partial charge in [-0.25, -0.2) is 0 Å². The molecule has 0 saturated heterocycles. The van der Waals surface area contributed by atoms with Crippen LogP contribution < -0.4 is 15.4 Å². The molecule has 144 valence electrons. The van der Waals surface area contributed by atoms with E-state index in [0.717, 1.165) is 0 Å². The minimum absolute atomic E-state index is 0.229. The van der Waals surface area contributed by atoms with Gasteiger partial charge in [0.15, 0.2) is 0 Å². The maximum Gasteiger partial charge on any atom is 0.255 e. The number of ether oxygens (including phenoxy) is 1. The standard InChI is InChI=1S/C22H28N2O3/c1-15(2)14-27-17-10-8-9-16(13-17)20(25)23-19-12-7-6-11-18(19)21(26)24-22(3,4)5/h6-13,15H,14H2,1-5H3,(H,23,25)(H,24,26). The van der Waals surface area contributed by atoms with Crippen molar-refractivity contribution in [3.63, 3.8) is 0 Å². The van der Waals surface area contributed by atoms with Crippen LogP contribution in [0.2, 0.25) is 0 Å². The van der Waals surface area contributed by atoms with Crippen molar-refractivity contribution in [2.24, 2.45) is 5.92 Å². The van der Waals surface area contributed by atoms with Crippen molar-refractivity contribution >= 4 is 17.5 Å². The van der Waals surface area contributed by atoms with Gasteiger partial charge in [-0.2, -0.15) is 0 Å². The van der Waals surface area contributed by atoms with Crippen molar-refractivity contribution < 1.29 is 14.3 Å². The van der Waals surface area contributed by atoms with Crippen LogP contribution >= 0.6 is 0 Å². The third kappa shape index (κ3) is 6.44. The zero-order valence-corrected chi connectivity index (χ0v) is 16.6. The third-order valence-electron chi connectivity index (χ3n) is 3.59. The van der Waals surface area contributed by atoms with E-state index in [0.29, 0.717) is 35.1 Å². The molecule has 0 aliphatic carbocycles. The molecule has 27 heavy (non-hydrogen) atoms. The maximum absolute atomic E-state index is 12.7. The molecule has 5 nitrogen and oxygen atoms in total. The van der Waals surface area contributed by atoms with Gasteiger partial charge < -0.3 is 15.4 Å². The van der Waals surface area contributed by atoms with Crippen LogP contribution in [0.5, 0.6) is 5.75 Å². The molecule has 0 atom stereocenters. The Morgan fingerprint density at radius 3 is 2.37 bits per heavy atom. The van der Waals surface area contributed by atoms with E-state index in [4.69, 9.17) is 4.74 Å². The van der Waals surface area contributed by atoms with Crippen LogP contribution in [0.15, 0.2) is 48.5 Å². The summed E-state index contributed by atoms with van der Waals surface area (Å²) in [4.78, 5) is 25.2. The molecule has 2 amide bonds. The first kappa shape index (κ1) is 20.5. The predicted molar refractivity (Wildman–Crippen MR) is 108 cm³/mol. The minimum atomic E-state index is -0.365. The monoisotopic (exact) mass is 368 g/mol. The normalized spacial score (nSPS) is 11.2. The van der Waals surface area contributed by atoms with Gasteiger partial charge in [0.05, 0.1) is 17.9 Å². The summed E-state index contributed by atoms with van der Waals surface area (Å²) in [7, 11) is 0. The number of benzene rings is 2. The smallest absolute Gasteiger partial charge is 0.255 e. The average molecular weight is 368 g/mol. The van der Waals surface area contributed by atoms with Gasteiger partial charge in [-0.3, -0.25) is 9.59 Å². The van der Waals surface area contributed by atoms with E-state index in [2.05, 4.69) is 24.5 Å². The molecule has 2 aromatic rings. The zero-order valence-electron chi connectivity index (χ0n) is 16.6. The van der Waals surface area contributed by atoms with Crippen molar-refractivity contribution in [2.75, 3.05) is 11.9 Å². The first-order valence-corrected chi connectivity index (χ1v) is 9.11. The number of carbonyl (C=O) groups is 2. The molecule has 0 saturated carbocycles. The minimum Gasteiger partial charge on any atom is -0.493 e. The Labute approximate surface area is 161 Å². The molecule has 0 unspecified atom stereocenters. The topological polar surface area (TPSA) is 67.4 Å². The van der Waals surface area contributed by atoms with Crippen molar-refractivity contribution in [2.45, 2.75) is 40.2 Å². The molecule has 0 spiro atoms. The van der Waals surface area contributed by atoms with Crippen molar-refractivity contribution in [3.05, 3.63) is 59.7 Å². The molecular weight excluding hydrogens is 340 g/mol. The van der Waals surface area contributed by atoms with Crippen molar-refractivity contribution in [1.82, 2.24) is 5.32 Å². The van der Waals surface area contributed by atoms with E-state index >= 15 is 0 Å². The number of nitrogens with one attached hydrogen (secondary N) is 2. The Morgan fingerprint density at radius 1 is 1.00 bits per heavy atom. The molecule has 0 aliphatic rings. The molecule has 0 radical (unpaired) electrons. The fourth-order valence-corrected chi connectivity index (χ4v) is 2.38. The molecule has 2 aromatic carbocycles. The average Bonchev–Trinajstić information content (AvgIpc) is 2.59. The number of para-hydroxylation sites is 1. The van der Waals surface area contributed by atoms with Crippen molar-refractivity contribution in [3.8, 4) is 5.75 Å². The summed E-state index contributed by atoms with van der Waals surface area (Å²) in [5.41, 5.74) is 1.00. The Balaban J connectivity index is 2.17. The Bertz CT molecular complexity index is 807. The SMILES string of the molecule is CC(C)COc1cccc(C(=O)Nc2ccccc2C(=O)NC(C)(C)C)c1. The highest BCUT2D eigenvalue weighted by Gasteiger charge is 2.19. The second-order valence-electron chi connectivity index (χ2n) is 7.94. The first-order chi connectivity index (χ1) is 12.7. The summed E-state index contributed by atoms with van der Waals surface area (Å²) in [6.07, 6.45) is 0. The van der Waals surface area contributed by atoms with Crippen LogP contribution in [0.4, 0.5) is 5.69 Å². The summed E-state index contributed by atoms with van der Waals surface area (Å²) in [6, 6.07) is 14.0. The number of anilines is 1. The van der Waals surface area contributed by atoms with Crippen LogP contribution in [0.3, 0.4) is 0 Å². The fourth-order valence-electron chi connectivity index (χ4n) is 2.38. The lowest BCUT2D eigenvalue weighted by atomic mass is 10.1. The third-order valence-corrected chi connectivity index (χ3v) is 3.59.